The van der Waals surface area contributed by atoms with Crippen LogP contribution < -0.4 is 5.32 Å². The summed E-state index contributed by atoms with van der Waals surface area (Å²) in [6.45, 7) is 7.33. The molecule has 1 unspecified atom stereocenters. The SMILES string of the molecule is CCC1(CC)CCN(CC(NC)(C(=O)O)C2CC2)CC1. The van der Waals surface area contributed by atoms with Crippen molar-refractivity contribution in [2.24, 2.45) is 11.3 Å². The highest BCUT2D eigenvalue weighted by Gasteiger charge is 2.51. The van der Waals surface area contributed by atoms with Crippen LogP contribution in [0.2, 0.25) is 0 Å². The van der Waals surface area contributed by atoms with E-state index in [4.69, 9.17) is 0 Å². The van der Waals surface area contributed by atoms with Crippen LogP contribution >= 0.6 is 0 Å². The van der Waals surface area contributed by atoms with Gasteiger partial charge in [-0.15, -0.1) is 0 Å². The lowest BCUT2D eigenvalue weighted by Crippen LogP contribution is -2.60. The minimum Gasteiger partial charge on any atom is -0.480 e. The lowest BCUT2D eigenvalue weighted by Gasteiger charge is -2.44. The van der Waals surface area contributed by atoms with Crippen LogP contribution in [0.1, 0.15) is 52.4 Å². The quantitative estimate of drug-likeness (QED) is 0.752. The molecule has 4 heteroatoms. The summed E-state index contributed by atoms with van der Waals surface area (Å²) in [5.74, 6) is -0.362. The zero-order valence-electron chi connectivity index (χ0n) is 13.2. The average molecular weight is 282 g/mol. The van der Waals surface area contributed by atoms with Crippen molar-refractivity contribution in [2.45, 2.75) is 57.9 Å². The number of aliphatic carboxylic acids is 1. The number of piperidine rings is 1. The highest BCUT2D eigenvalue weighted by atomic mass is 16.4. The molecule has 2 rings (SSSR count). The van der Waals surface area contributed by atoms with E-state index in [1.165, 1.54) is 25.7 Å². The zero-order valence-corrected chi connectivity index (χ0v) is 13.2. The van der Waals surface area contributed by atoms with Crippen LogP contribution in [0, 0.1) is 11.3 Å². The maximum absolute atomic E-state index is 11.8. The number of carboxylic acid groups (broad SMARTS) is 1. The summed E-state index contributed by atoms with van der Waals surface area (Å²) in [6.07, 6.45) is 7.02. The molecular weight excluding hydrogens is 252 g/mol. The Morgan fingerprint density at radius 2 is 1.85 bits per heavy atom. The Balaban J connectivity index is 1.98. The third kappa shape index (κ3) is 2.86. The van der Waals surface area contributed by atoms with Gasteiger partial charge in [-0.2, -0.15) is 0 Å². The number of rotatable bonds is 7. The van der Waals surface area contributed by atoms with Crippen molar-refractivity contribution >= 4 is 5.97 Å². The Bertz CT molecular complexity index is 340. The molecule has 0 amide bonds. The third-order valence-corrected chi connectivity index (χ3v) is 5.99. The molecular formula is C16H30N2O2. The Morgan fingerprint density at radius 3 is 2.20 bits per heavy atom. The van der Waals surface area contributed by atoms with Gasteiger partial charge < -0.3 is 15.3 Å². The Labute approximate surface area is 122 Å². The Hall–Kier alpha value is -0.610. The number of likely N-dealkylation sites (tertiary alicyclic amines) is 1. The Morgan fingerprint density at radius 1 is 1.30 bits per heavy atom. The summed E-state index contributed by atoms with van der Waals surface area (Å²) in [7, 11) is 1.80. The zero-order chi connectivity index (χ0) is 14.8. The summed E-state index contributed by atoms with van der Waals surface area (Å²) in [5, 5.41) is 12.8. The van der Waals surface area contributed by atoms with Gasteiger partial charge in [0, 0.05) is 6.54 Å². The molecule has 1 saturated carbocycles. The lowest BCUT2D eigenvalue weighted by molar-refractivity contribution is -0.147. The van der Waals surface area contributed by atoms with Crippen molar-refractivity contribution in [1.29, 1.82) is 0 Å². The largest absolute Gasteiger partial charge is 0.480 e. The molecule has 0 aromatic carbocycles. The van der Waals surface area contributed by atoms with Crippen molar-refractivity contribution in [1.82, 2.24) is 10.2 Å². The summed E-state index contributed by atoms with van der Waals surface area (Å²) in [4.78, 5) is 14.1. The van der Waals surface area contributed by atoms with Gasteiger partial charge in [-0.3, -0.25) is 4.79 Å². The number of likely N-dealkylation sites (N-methyl/N-ethyl adjacent to an activating group) is 1. The van der Waals surface area contributed by atoms with Crippen LogP contribution in [0.3, 0.4) is 0 Å². The number of nitrogens with one attached hydrogen (secondary N) is 1. The van der Waals surface area contributed by atoms with Gasteiger partial charge in [-0.05, 0) is 57.2 Å². The fourth-order valence-electron chi connectivity index (χ4n) is 3.83. The summed E-state index contributed by atoms with van der Waals surface area (Å²) < 4.78 is 0. The molecule has 2 fully saturated rings. The second-order valence-corrected chi connectivity index (χ2v) is 6.78. The number of carbonyl (C=O) groups is 1. The van der Waals surface area contributed by atoms with Crippen LogP contribution in [0.4, 0.5) is 0 Å². The maximum Gasteiger partial charge on any atom is 0.325 e. The molecule has 0 spiro atoms. The van der Waals surface area contributed by atoms with E-state index < -0.39 is 11.5 Å². The van der Waals surface area contributed by atoms with E-state index in [0.29, 0.717) is 17.9 Å². The van der Waals surface area contributed by atoms with Crippen LogP contribution in [-0.4, -0.2) is 48.2 Å². The van der Waals surface area contributed by atoms with Gasteiger partial charge in [0.1, 0.15) is 5.54 Å². The minimum atomic E-state index is -0.724. The van der Waals surface area contributed by atoms with Crippen molar-refractivity contribution in [2.75, 3.05) is 26.7 Å². The van der Waals surface area contributed by atoms with E-state index in [-0.39, 0.29) is 0 Å². The summed E-state index contributed by atoms with van der Waals surface area (Å²) in [5.41, 5.74) is -0.222. The summed E-state index contributed by atoms with van der Waals surface area (Å²) >= 11 is 0. The van der Waals surface area contributed by atoms with Crippen LogP contribution in [-0.2, 0) is 4.79 Å². The van der Waals surface area contributed by atoms with E-state index in [2.05, 4.69) is 24.1 Å². The van der Waals surface area contributed by atoms with Crippen molar-refractivity contribution in [3.8, 4) is 0 Å². The molecule has 0 aromatic heterocycles. The molecule has 1 aliphatic carbocycles. The smallest absolute Gasteiger partial charge is 0.325 e. The number of carboxylic acids is 1. The molecule has 116 valence electrons. The predicted octanol–water partition coefficient (Wildman–Crippen LogP) is 2.34. The topological polar surface area (TPSA) is 52.6 Å². The molecule has 4 nitrogen and oxygen atoms in total. The van der Waals surface area contributed by atoms with Gasteiger partial charge in [0.25, 0.3) is 0 Å². The number of hydrogen-bond donors (Lipinski definition) is 2. The van der Waals surface area contributed by atoms with Crippen molar-refractivity contribution in [3.63, 3.8) is 0 Å². The molecule has 1 aliphatic heterocycles. The van der Waals surface area contributed by atoms with E-state index in [1.54, 1.807) is 7.05 Å². The van der Waals surface area contributed by atoms with E-state index in [9.17, 15) is 9.90 Å². The molecule has 0 bridgehead atoms. The van der Waals surface area contributed by atoms with Gasteiger partial charge >= 0.3 is 5.97 Å². The second-order valence-electron chi connectivity index (χ2n) is 6.78. The normalized spacial score (nSPS) is 26.1. The maximum atomic E-state index is 11.8. The monoisotopic (exact) mass is 282 g/mol. The van der Waals surface area contributed by atoms with Gasteiger partial charge in [0.05, 0.1) is 0 Å². The fraction of sp³-hybridized carbons (Fsp3) is 0.938. The molecule has 0 radical (unpaired) electrons. The number of nitrogens with zero attached hydrogens (tertiary/aromatic N) is 1. The number of hydrogen-bond acceptors (Lipinski definition) is 3. The average Bonchev–Trinajstić information content (AvgIpc) is 3.30. The van der Waals surface area contributed by atoms with E-state index >= 15 is 0 Å². The first-order valence-electron chi connectivity index (χ1n) is 8.16. The molecule has 1 heterocycles. The summed E-state index contributed by atoms with van der Waals surface area (Å²) in [6, 6.07) is 0. The van der Waals surface area contributed by atoms with Crippen LogP contribution in [0.25, 0.3) is 0 Å². The molecule has 1 atom stereocenters. The molecule has 2 N–H and O–H groups in total. The molecule has 1 saturated heterocycles. The van der Waals surface area contributed by atoms with E-state index in [1.807, 2.05) is 0 Å². The van der Waals surface area contributed by atoms with Gasteiger partial charge in [-0.25, -0.2) is 0 Å². The highest BCUT2D eigenvalue weighted by molar-refractivity contribution is 5.80. The predicted molar refractivity (Wildman–Crippen MR) is 80.8 cm³/mol. The minimum absolute atomic E-state index is 0.314. The Kier molecular flexibility index (Phi) is 4.75. The third-order valence-electron chi connectivity index (χ3n) is 5.99. The molecule has 0 aromatic rings. The lowest BCUT2D eigenvalue weighted by atomic mass is 9.74. The van der Waals surface area contributed by atoms with E-state index in [0.717, 1.165) is 25.9 Å². The van der Waals surface area contributed by atoms with Gasteiger partial charge in [-0.1, -0.05) is 26.7 Å². The molecule has 20 heavy (non-hydrogen) atoms. The highest BCUT2D eigenvalue weighted by Crippen LogP contribution is 2.42. The van der Waals surface area contributed by atoms with Gasteiger partial charge in [0.2, 0.25) is 0 Å². The fourth-order valence-corrected chi connectivity index (χ4v) is 3.83. The van der Waals surface area contributed by atoms with Crippen LogP contribution in [0.5, 0.6) is 0 Å². The van der Waals surface area contributed by atoms with Gasteiger partial charge in [0.15, 0.2) is 0 Å². The van der Waals surface area contributed by atoms with Crippen LogP contribution in [0.15, 0.2) is 0 Å². The van der Waals surface area contributed by atoms with Crippen molar-refractivity contribution < 1.29 is 9.90 Å². The molecule has 2 aliphatic rings. The first-order chi connectivity index (χ1) is 9.52. The standard InChI is InChI=1S/C16H30N2O2/c1-4-15(5-2)8-10-18(11-9-15)12-16(17-3,14(19)20)13-6-7-13/h13,17H,4-12H2,1-3H3,(H,19,20). The second kappa shape index (κ2) is 6.02. The first-order valence-corrected chi connectivity index (χ1v) is 8.16. The van der Waals surface area contributed by atoms with Crippen molar-refractivity contribution in [3.05, 3.63) is 0 Å². The first kappa shape index (κ1) is 15.8.